The molecule has 0 unspecified atom stereocenters. The van der Waals surface area contributed by atoms with Crippen LogP contribution in [0.4, 0.5) is 0 Å². The molecule has 16 heavy (non-hydrogen) atoms. The molecule has 0 spiro atoms. The van der Waals surface area contributed by atoms with E-state index in [0.717, 1.165) is 0 Å². The summed E-state index contributed by atoms with van der Waals surface area (Å²) in [5, 5.41) is 0. The van der Waals surface area contributed by atoms with E-state index in [1.54, 1.807) is 0 Å². The van der Waals surface area contributed by atoms with Crippen LogP contribution in [-0.4, -0.2) is 37.7 Å². The Kier molecular flexibility index (Phi) is 7.25. The second kappa shape index (κ2) is 7.03. The van der Waals surface area contributed by atoms with E-state index in [1.807, 2.05) is 0 Å². The molecule has 0 bridgehead atoms. The molecule has 1 heteroatoms. The SMILES string of the molecule is CC(C)c1cc(C(C)C)cc(C(C)C)c1.[CaH2]. The van der Waals surface area contributed by atoms with Crippen molar-refractivity contribution in [2.75, 3.05) is 0 Å². The molecule has 0 radical (unpaired) electrons. The van der Waals surface area contributed by atoms with Gasteiger partial charge in [0.2, 0.25) is 0 Å². The van der Waals surface area contributed by atoms with Crippen molar-refractivity contribution in [2.24, 2.45) is 0 Å². The summed E-state index contributed by atoms with van der Waals surface area (Å²) >= 11 is 0. The summed E-state index contributed by atoms with van der Waals surface area (Å²) in [5.74, 6) is 1.88. The first-order valence-corrected chi connectivity index (χ1v) is 6.06. The summed E-state index contributed by atoms with van der Waals surface area (Å²) in [4.78, 5) is 0. The quantitative estimate of drug-likeness (QED) is 0.703. The van der Waals surface area contributed by atoms with Gasteiger partial charge in [-0.15, -0.1) is 0 Å². The average molecular weight is 246 g/mol. The van der Waals surface area contributed by atoms with Gasteiger partial charge >= 0.3 is 37.7 Å². The van der Waals surface area contributed by atoms with Gasteiger partial charge in [0.1, 0.15) is 0 Å². The number of hydrogen-bond acceptors (Lipinski definition) is 0. The van der Waals surface area contributed by atoms with Crippen molar-refractivity contribution in [1.29, 1.82) is 0 Å². The Morgan fingerprint density at radius 1 is 0.562 bits per heavy atom. The third-order valence-corrected chi connectivity index (χ3v) is 3.00. The number of benzene rings is 1. The first kappa shape index (κ1) is 16.5. The van der Waals surface area contributed by atoms with E-state index < -0.39 is 0 Å². The predicted octanol–water partition coefficient (Wildman–Crippen LogP) is 4.14. The molecule has 0 aromatic heterocycles. The molecule has 0 N–H and O–H groups in total. The zero-order valence-corrected chi connectivity index (χ0v) is 11.0. The zero-order valence-electron chi connectivity index (χ0n) is 11.0. The van der Waals surface area contributed by atoms with E-state index in [4.69, 9.17) is 0 Å². The fourth-order valence-corrected chi connectivity index (χ4v) is 1.70. The zero-order chi connectivity index (χ0) is 11.6. The first-order valence-electron chi connectivity index (χ1n) is 6.06. The molecule has 0 nitrogen and oxygen atoms in total. The van der Waals surface area contributed by atoms with Crippen molar-refractivity contribution in [3.63, 3.8) is 0 Å². The summed E-state index contributed by atoms with van der Waals surface area (Å²) in [6.45, 7) is 13.6. The van der Waals surface area contributed by atoms with Crippen molar-refractivity contribution in [2.45, 2.75) is 59.3 Å². The molecule has 0 saturated carbocycles. The van der Waals surface area contributed by atoms with Crippen molar-refractivity contribution in [1.82, 2.24) is 0 Å². The van der Waals surface area contributed by atoms with Crippen LogP contribution < -0.4 is 0 Å². The molecular formula is C15H26Ca. The summed E-state index contributed by atoms with van der Waals surface area (Å²) in [7, 11) is 0. The van der Waals surface area contributed by atoms with Crippen molar-refractivity contribution >= 4 is 37.7 Å². The number of rotatable bonds is 3. The summed E-state index contributed by atoms with van der Waals surface area (Å²) < 4.78 is 0. The first-order chi connectivity index (χ1) is 6.91. The molecule has 0 fully saturated rings. The Morgan fingerprint density at radius 3 is 0.875 bits per heavy atom. The van der Waals surface area contributed by atoms with Gasteiger partial charge in [0.25, 0.3) is 0 Å². The molecule has 0 atom stereocenters. The second-order valence-electron chi connectivity index (χ2n) is 5.40. The summed E-state index contributed by atoms with van der Waals surface area (Å²) in [6.07, 6.45) is 0. The van der Waals surface area contributed by atoms with Crippen LogP contribution in [0.3, 0.4) is 0 Å². The molecule has 0 heterocycles. The normalized spacial score (nSPS) is 11.1. The summed E-state index contributed by atoms with van der Waals surface area (Å²) in [5.41, 5.74) is 4.43. The molecule has 1 rings (SSSR count). The number of hydrogen-bond donors (Lipinski definition) is 0. The van der Waals surface area contributed by atoms with Crippen molar-refractivity contribution < 1.29 is 0 Å². The minimum atomic E-state index is 0. The van der Waals surface area contributed by atoms with Gasteiger partial charge in [0.15, 0.2) is 0 Å². The third kappa shape index (κ3) is 4.39. The molecule has 1 aromatic carbocycles. The van der Waals surface area contributed by atoms with Gasteiger partial charge in [-0.25, -0.2) is 0 Å². The summed E-state index contributed by atoms with van der Waals surface area (Å²) in [6, 6.07) is 7.09. The van der Waals surface area contributed by atoms with Crippen LogP contribution in [0.5, 0.6) is 0 Å². The van der Waals surface area contributed by atoms with Crippen LogP contribution in [0, 0.1) is 0 Å². The Labute approximate surface area is 131 Å². The van der Waals surface area contributed by atoms with Crippen LogP contribution in [0.1, 0.15) is 76.0 Å². The van der Waals surface area contributed by atoms with E-state index in [9.17, 15) is 0 Å². The molecule has 0 amide bonds. The molecular weight excluding hydrogens is 220 g/mol. The van der Waals surface area contributed by atoms with Crippen molar-refractivity contribution in [3.05, 3.63) is 34.9 Å². The van der Waals surface area contributed by atoms with Gasteiger partial charge in [-0.3, -0.25) is 0 Å². The van der Waals surface area contributed by atoms with E-state index in [0.29, 0.717) is 17.8 Å². The van der Waals surface area contributed by atoms with Crippen LogP contribution >= 0.6 is 0 Å². The average Bonchev–Trinajstić information content (AvgIpc) is 2.16. The van der Waals surface area contributed by atoms with Crippen LogP contribution in [0.2, 0.25) is 0 Å². The maximum atomic E-state index is 2.36. The van der Waals surface area contributed by atoms with Crippen molar-refractivity contribution in [3.8, 4) is 0 Å². The van der Waals surface area contributed by atoms with Crippen LogP contribution in [0.25, 0.3) is 0 Å². The molecule has 0 saturated heterocycles. The maximum absolute atomic E-state index is 2.36. The van der Waals surface area contributed by atoms with Gasteiger partial charge < -0.3 is 0 Å². The molecule has 88 valence electrons. The Hall–Kier alpha value is 0.480. The van der Waals surface area contributed by atoms with E-state index >= 15 is 0 Å². The minimum absolute atomic E-state index is 0. The Balaban J connectivity index is 0.00000225. The molecule has 0 aliphatic heterocycles. The van der Waals surface area contributed by atoms with Crippen LogP contribution in [-0.2, 0) is 0 Å². The standard InChI is InChI=1S/C15H24.Ca.2H/c1-10(2)13-7-14(11(3)4)9-15(8-13)12(5)6;;;/h7-12H,1-6H3;;;. The van der Waals surface area contributed by atoms with E-state index in [1.165, 1.54) is 16.7 Å². The molecule has 0 aliphatic rings. The van der Waals surface area contributed by atoms with E-state index in [-0.39, 0.29) is 37.7 Å². The van der Waals surface area contributed by atoms with Gasteiger partial charge in [0, 0.05) is 0 Å². The van der Waals surface area contributed by atoms with Crippen LogP contribution in [0.15, 0.2) is 18.2 Å². The van der Waals surface area contributed by atoms with Gasteiger partial charge in [0.05, 0.1) is 0 Å². The molecule has 0 aliphatic carbocycles. The topological polar surface area (TPSA) is 0 Å². The fraction of sp³-hybridized carbons (Fsp3) is 0.600. The van der Waals surface area contributed by atoms with Gasteiger partial charge in [-0.1, -0.05) is 59.7 Å². The molecule has 1 aromatic rings. The monoisotopic (exact) mass is 246 g/mol. The Morgan fingerprint density at radius 2 is 0.750 bits per heavy atom. The van der Waals surface area contributed by atoms with E-state index in [2.05, 4.69) is 59.7 Å². The third-order valence-electron chi connectivity index (χ3n) is 3.00. The Bertz CT molecular complexity index is 259. The second-order valence-corrected chi connectivity index (χ2v) is 5.40. The fourth-order valence-electron chi connectivity index (χ4n) is 1.70. The predicted molar refractivity (Wildman–Crippen MR) is 77.3 cm³/mol. The van der Waals surface area contributed by atoms with Gasteiger partial charge in [-0.2, -0.15) is 0 Å². The van der Waals surface area contributed by atoms with Gasteiger partial charge in [-0.05, 0) is 34.4 Å².